The molecule has 1 aromatic carbocycles. The summed E-state index contributed by atoms with van der Waals surface area (Å²) in [4.78, 5) is 23.4. The first kappa shape index (κ1) is 19.0. The number of benzene rings is 1. The second kappa shape index (κ2) is 7.69. The number of anilines is 3. The summed E-state index contributed by atoms with van der Waals surface area (Å²) in [5, 5.41) is 17.8. The van der Waals surface area contributed by atoms with Crippen molar-refractivity contribution >= 4 is 34.4 Å². The van der Waals surface area contributed by atoms with E-state index in [1.165, 1.54) is 15.7 Å². The average molecular weight is 419 g/mol. The molecule has 0 spiro atoms. The number of rotatable bonds is 2. The van der Waals surface area contributed by atoms with Gasteiger partial charge in [0.2, 0.25) is 0 Å². The van der Waals surface area contributed by atoms with Crippen LogP contribution in [0.4, 0.5) is 22.0 Å². The SMILES string of the molecule is CNc1cc2nc3c1ncn3C(=O)NC[C@H](c1cnn(C)n1)OCc1cccc(c1)N2. The fraction of sp³-hybridized carbons (Fsp3) is 0.250. The van der Waals surface area contributed by atoms with E-state index >= 15 is 0 Å². The number of aryl methyl sites for hydroxylation is 1. The van der Waals surface area contributed by atoms with Crippen LogP contribution >= 0.6 is 0 Å². The van der Waals surface area contributed by atoms with Crippen molar-refractivity contribution in [1.29, 1.82) is 0 Å². The van der Waals surface area contributed by atoms with Crippen molar-refractivity contribution in [1.82, 2.24) is 34.8 Å². The van der Waals surface area contributed by atoms with Crippen LogP contribution in [-0.4, -0.2) is 49.2 Å². The minimum Gasteiger partial charge on any atom is -0.386 e. The third-order valence-corrected chi connectivity index (χ3v) is 5.03. The molecule has 11 heteroatoms. The largest absolute Gasteiger partial charge is 0.386 e. The van der Waals surface area contributed by atoms with Crippen LogP contribution in [0.1, 0.15) is 17.4 Å². The lowest BCUT2D eigenvalue weighted by molar-refractivity contribution is 0.0383. The number of nitrogens with zero attached hydrogens (tertiary/aromatic N) is 6. The molecule has 3 N–H and O–H groups in total. The van der Waals surface area contributed by atoms with E-state index < -0.39 is 6.10 Å². The lowest BCUT2D eigenvalue weighted by Gasteiger charge is -2.18. The summed E-state index contributed by atoms with van der Waals surface area (Å²) >= 11 is 0. The van der Waals surface area contributed by atoms with Crippen molar-refractivity contribution in [2.75, 3.05) is 24.2 Å². The van der Waals surface area contributed by atoms with Crippen LogP contribution in [0.25, 0.3) is 11.2 Å². The number of imidazole rings is 1. The number of amides is 1. The first-order valence-electron chi connectivity index (χ1n) is 9.78. The second-order valence-corrected chi connectivity index (χ2v) is 7.16. The highest BCUT2D eigenvalue weighted by Crippen LogP contribution is 2.27. The number of ether oxygens (including phenoxy) is 1. The number of hydrogen-bond donors (Lipinski definition) is 3. The third kappa shape index (κ3) is 3.66. The molecule has 158 valence electrons. The molecule has 1 aliphatic rings. The summed E-state index contributed by atoms with van der Waals surface area (Å²) in [5.41, 5.74) is 4.28. The van der Waals surface area contributed by atoms with Gasteiger partial charge in [0.15, 0.2) is 5.65 Å². The maximum atomic E-state index is 12.9. The van der Waals surface area contributed by atoms with E-state index in [0.29, 0.717) is 29.3 Å². The first-order chi connectivity index (χ1) is 15.1. The van der Waals surface area contributed by atoms with Crippen molar-refractivity contribution in [3.63, 3.8) is 0 Å². The number of carbonyl (C=O) groups excluding carboxylic acids is 1. The Hall–Kier alpha value is -3.99. The van der Waals surface area contributed by atoms with Gasteiger partial charge in [-0.1, -0.05) is 12.1 Å². The van der Waals surface area contributed by atoms with Gasteiger partial charge >= 0.3 is 6.03 Å². The molecular weight excluding hydrogens is 398 g/mol. The molecule has 1 amide bonds. The summed E-state index contributed by atoms with van der Waals surface area (Å²) < 4.78 is 7.49. The first-order valence-corrected chi connectivity index (χ1v) is 9.78. The van der Waals surface area contributed by atoms with Gasteiger partial charge < -0.3 is 20.7 Å². The fourth-order valence-corrected chi connectivity index (χ4v) is 3.50. The van der Waals surface area contributed by atoms with Gasteiger partial charge in [-0.25, -0.2) is 19.3 Å². The number of hydrogen-bond acceptors (Lipinski definition) is 8. The smallest absolute Gasteiger partial charge is 0.328 e. The molecule has 0 saturated carbocycles. The van der Waals surface area contributed by atoms with E-state index in [4.69, 9.17) is 4.74 Å². The Kier molecular flexibility index (Phi) is 4.71. The molecule has 11 nitrogen and oxygen atoms in total. The molecule has 0 saturated heterocycles. The van der Waals surface area contributed by atoms with Crippen LogP contribution < -0.4 is 16.0 Å². The Labute approximate surface area is 177 Å². The van der Waals surface area contributed by atoms with Crippen LogP contribution in [0.2, 0.25) is 0 Å². The van der Waals surface area contributed by atoms with Gasteiger partial charge in [-0.15, -0.1) is 0 Å². The summed E-state index contributed by atoms with van der Waals surface area (Å²) in [7, 11) is 3.54. The molecule has 0 unspecified atom stereocenters. The number of fused-ring (bicyclic) bond motifs is 3. The Bertz CT molecular complexity index is 1260. The zero-order valence-corrected chi connectivity index (χ0v) is 17.0. The predicted octanol–water partition coefficient (Wildman–Crippen LogP) is 2.17. The molecule has 0 radical (unpaired) electrons. The van der Waals surface area contributed by atoms with Crippen LogP contribution in [-0.2, 0) is 18.4 Å². The van der Waals surface area contributed by atoms with Crippen LogP contribution in [0.3, 0.4) is 0 Å². The van der Waals surface area contributed by atoms with Gasteiger partial charge in [-0.05, 0) is 17.7 Å². The van der Waals surface area contributed by atoms with Gasteiger partial charge in [0.1, 0.15) is 29.5 Å². The van der Waals surface area contributed by atoms with E-state index in [2.05, 4.69) is 36.1 Å². The molecular formula is C20H21N9O2. The zero-order chi connectivity index (χ0) is 21.4. The van der Waals surface area contributed by atoms with E-state index in [-0.39, 0.29) is 12.6 Å². The van der Waals surface area contributed by atoms with Crippen molar-refractivity contribution < 1.29 is 9.53 Å². The lowest BCUT2D eigenvalue weighted by Crippen LogP contribution is -2.33. The molecule has 1 aliphatic heterocycles. The van der Waals surface area contributed by atoms with Crippen molar-refractivity contribution in [3.05, 3.63) is 54.1 Å². The van der Waals surface area contributed by atoms with Crippen LogP contribution in [0.15, 0.2) is 42.9 Å². The molecule has 0 aliphatic carbocycles. The topological polar surface area (TPSA) is 124 Å². The molecule has 31 heavy (non-hydrogen) atoms. The third-order valence-electron chi connectivity index (χ3n) is 5.03. The highest BCUT2D eigenvalue weighted by atomic mass is 16.5. The summed E-state index contributed by atoms with van der Waals surface area (Å²) in [6, 6.07) is 9.38. The molecule has 1 atom stereocenters. The number of aromatic nitrogens is 6. The Balaban J connectivity index is 1.59. The average Bonchev–Trinajstić information content (AvgIpc) is 3.39. The standard InChI is InChI=1S/C20H21N9O2/c1-21-14-7-17-25-13-5-3-4-12(6-13)10-31-16(15-8-24-28(2)27-15)9-22-20(30)29-11-23-18(14)19(29)26-17/h3-8,11,16H,9-10H2,1-2H3,(H,22,30)(H2,21,25,26)/t16-/m1/s1. The predicted molar refractivity (Wildman–Crippen MR) is 114 cm³/mol. The fourth-order valence-electron chi connectivity index (χ4n) is 3.50. The van der Waals surface area contributed by atoms with Gasteiger partial charge in [-0.2, -0.15) is 15.0 Å². The molecule has 4 aromatic rings. The van der Waals surface area contributed by atoms with Crippen molar-refractivity contribution in [3.8, 4) is 0 Å². The molecule has 4 bridgehead atoms. The molecule has 0 fully saturated rings. The minimum atomic E-state index is -0.469. The van der Waals surface area contributed by atoms with E-state index in [0.717, 1.165) is 16.9 Å². The van der Waals surface area contributed by atoms with Gasteiger partial charge in [0.05, 0.1) is 25.0 Å². The Morgan fingerprint density at radius 3 is 3.00 bits per heavy atom. The van der Waals surface area contributed by atoms with E-state index in [9.17, 15) is 4.79 Å². The van der Waals surface area contributed by atoms with Crippen LogP contribution in [0, 0.1) is 0 Å². The van der Waals surface area contributed by atoms with Gasteiger partial charge in [-0.3, -0.25) is 0 Å². The number of carbonyl (C=O) groups is 1. The Morgan fingerprint density at radius 1 is 1.29 bits per heavy atom. The maximum absolute atomic E-state index is 12.9. The van der Waals surface area contributed by atoms with Crippen molar-refractivity contribution in [2.24, 2.45) is 7.05 Å². The highest BCUT2D eigenvalue weighted by molar-refractivity contribution is 5.94. The highest BCUT2D eigenvalue weighted by Gasteiger charge is 2.21. The quantitative estimate of drug-likeness (QED) is 0.452. The van der Waals surface area contributed by atoms with E-state index in [1.54, 1.807) is 20.3 Å². The van der Waals surface area contributed by atoms with Gasteiger partial charge in [0.25, 0.3) is 0 Å². The maximum Gasteiger partial charge on any atom is 0.328 e. The zero-order valence-electron chi connectivity index (χ0n) is 17.0. The summed E-state index contributed by atoms with van der Waals surface area (Å²) in [6.45, 7) is 0.560. The number of pyridine rings is 1. The minimum absolute atomic E-state index is 0.216. The molecule has 3 aromatic heterocycles. The number of nitrogens with one attached hydrogen (secondary N) is 3. The van der Waals surface area contributed by atoms with Gasteiger partial charge in [0, 0.05) is 25.8 Å². The Morgan fingerprint density at radius 2 is 2.19 bits per heavy atom. The lowest BCUT2D eigenvalue weighted by atomic mass is 10.2. The summed E-state index contributed by atoms with van der Waals surface area (Å²) in [6.07, 6.45) is 2.63. The second-order valence-electron chi connectivity index (χ2n) is 7.16. The normalized spacial score (nSPS) is 16.6. The monoisotopic (exact) mass is 419 g/mol. The molecule has 5 rings (SSSR count). The van der Waals surface area contributed by atoms with E-state index in [1.807, 2.05) is 30.3 Å². The molecule has 4 heterocycles. The van der Waals surface area contributed by atoms with Crippen LogP contribution in [0.5, 0.6) is 0 Å². The summed E-state index contributed by atoms with van der Waals surface area (Å²) in [5.74, 6) is 0.596. The van der Waals surface area contributed by atoms with Crippen molar-refractivity contribution in [2.45, 2.75) is 12.7 Å².